The van der Waals surface area contributed by atoms with E-state index >= 15 is 0 Å². The molecule has 10 aromatic carbocycles. The summed E-state index contributed by atoms with van der Waals surface area (Å²) in [4.78, 5) is 4.87. The zero-order valence-electron chi connectivity index (χ0n) is 70.6. The smallest absolute Gasteiger partial charge is 0.268 e. The predicted molar refractivity (Wildman–Crippen MR) is 369 cm³/mol. The largest absolute Gasteiger partial charge is 0.510 e. The van der Waals surface area contributed by atoms with E-state index in [1.165, 1.54) is 0 Å². The molecule has 3 aromatic heterocycles. The van der Waals surface area contributed by atoms with Gasteiger partial charge in [-0.3, -0.25) is 4.57 Å². The average molecular weight is 1380 g/mol. The van der Waals surface area contributed by atoms with Gasteiger partial charge in [-0.1, -0.05) is 270 Å². The molecule has 7 heteroatoms. The molecule has 0 N–H and O–H groups in total. The molecule has 5 nitrogen and oxygen atoms in total. The number of hydrogen-bond donors (Lipinski definition) is 0. The van der Waals surface area contributed by atoms with E-state index in [4.69, 9.17) is 22.1 Å². The van der Waals surface area contributed by atoms with Crippen LogP contribution in [0.1, 0.15) is 131 Å². The second-order valence-corrected chi connectivity index (χ2v) is 29.8. The first kappa shape index (κ1) is 41.5. The van der Waals surface area contributed by atoms with Crippen LogP contribution in [0, 0.1) is 18.5 Å². The van der Waals surface area contributed by atoms with E-state index < -0.39 is 155 Å². The number of imidazole rings is 1. The van der Waals surface area contributed by atoms with Crippen LogP contribution < -0.4 is 30.1 Å². The molecular formula is C82H76N4OPtSi-2. The molecule has 0 spiro atoms. The number of para-hydroxylation sites is 2. The predicted octanol–water partition coefficient (Wildman–Crippen LogP) is 17.5. The van der Waals surface area contributed by atoms with Gasteiger partial charge >= 0.3 is 0 Å². The first-order chi connectivity index (χ1) is 50.0. The Kier molecular flexibility index (Phi) is 10.9. The summed E-state index contributed by atoms with van der Waals surface area (Å²) in [6.45, 7) is 25.8. The Balaban J connectivity index is 0.0000109. The van der Waals surface area contributed by atoms with Crippen LogP contribution in [0.2, 0.25) is 0 Å². The van der Waals surface area contributed by atoms with E-state index in [0.29, 0.717) is 33.8 Å². The minimum absolute atomic E-state index is 0. The van der Waals surface area contributed by atoms with E-state index in [0.717, 1.165) is 55.4 Å². The summed E-state index contributed by atoms with van der Waals surface area (Å²) in [5.41, 5.74) is 7.74. The molecule has 0 aliphatic heterocycles. The molecule has 0 amide bonds. The fraction of sp³-hybridized carbons (Fsp3) is 0.195. The van der Waals surface area contributed by atoms with Crippen molar-refractivity contribution in [3.63, 3.8) is 0 Å². The summed E-state index contributed by atoms with van der Waals surface area (Å²) >= 11 is 0. The Morgan fingerprint density at radius 2 is 1.09 bits per heavy atom. The Morgan fingerprint density at radius 3 is 1.72 bits per heavy atom. The quantitative estimate of drug-likeness (QED) is 0.0560. The maximum Gasteiger partial charge on any atom is 0.268 e. The Morgan fingerprint density at radius 1 is 0.483 bits per heavy atom. The minimum atomic E-state index is -6.19. The fourth-order valence-corrected chi connectivity index (χ4v) is 15.1. The second-order valence-electron chi connectivity index (χ2n) is 26.3. The zero-order valence-corrected chi connectivity index (χ0v) is 54.9. The topological polar surface area (TPSA) is 35.9 Å². The summed E-state index contributed by atoms with van der Waals surface area (Å²) in [5, 5.41) is -1.81. The van der Waals surface area contributed by atoms with Crippen molar-refractivity contribution in [2.24, 2.45) is 0 Å². The summed E-state index contributed by atoms with van der Waals surface area (Å²) < 4.78 is 193. The van der Waals surface area contributed by atoms with Crippen molar-refractivity contribution in [3.05, 3.63) is 283 Å². The van der Waals surface area contributed by atoms with Gasteiger partial charge in [-0.25, -0.2) is 4.98 Å². The minimum Gasteiger partial charge on any atom is -0.510 e. The maximum absolute atomic E-state index is 10.8. The number of hydrogen-bond acceptors (Lipinski definition) is 2. The molecule has 0 bridgehead atoms. The van der Waals surface area contributed by atoms with Crippen molar-refractivity contribution in [1.29, 1.82) is 0 Å². The number of benzene rings is 10. The van der Waals surface area contributed by atoms with E-state index in [9.17, 15) is 13.7 Å². The molecule has 0 saturated carbocycles. The van der Waals surface area contributed by atoms with Crippen LogP contribution in [-0.4, -0.2) is 22.2 Å². The van der Waals surface area contributed by atoms with Crippen LogP contribution in [0.15, 0.2) is 242 Å². The molecule has 13 aromatic rings. The normalized spacial score (nSPS) is 15.4. The van der Waals surface area contributed by atoms with Crippen molar-refractivity contribution in [3.8, 4) is 50.9 Å². The van der Waals surface area contributed by atoms with Crippen LogP contribution in [0.5, 0.6) is 11.5 Å². The van der Waals surface area contributed by atoms with Gasteiger partial charge in [0.25, 0.3) is 6.33 Å². The molecule has 0 fully saturated rings. The molecule has 13 rings (SSSR count). The molecule has 0 unspecified atom stereocenters. The fourth-order valence-electron chi connectivity index (χ4n) is 11.5. The average Bonchev–Trinajstić information content (AvgIpc) is 0.915. The summed E-state index contributed by atoms with van der Waals surface area (Å²) in [6.07, 6.45) is 5.52. The summed E-state index contributed by atoms with van der Waals surface area (Å²) in [5.74, 6) is 1.29. The van der Waals surface area contributed by atoms with E-state index in [1.807, 2.05) is 47.0 Å². The monoisotopic (exact) mass is 1370 g/mol. The van der Waals surface area contributed by atoms with Crippen LogP contribution in [-0.2, 0) is 42.7 Å². The first-order valence-corrected chi connectivity index (χ1v) is 31.3. The number of aromatic nitrogens is 4. The molecule has 0 atom stereocenters. The van der Waals surface area contributed by atoms with Gasteiger partial charge in [-0.05, 0) is 122 Å². The van der Waals surface area contributed by atoms with Gasteiger partial charge < -0.3 is 13.9 Å². The second kappa shape index (κ2) is 23.4. The maximum atomic E-state index is 10.8. The van der Waals surface area contributed by atoms with Crippen molar-refractivity contribution < 1.29 is 56.4 Å². The molecular weight excluding hydrogens is 1280 g/mol. The van der Waals surface area contributed by atoms with Gasteiger partial charge in [0.05, 0.1) is 42.8 Å². The first-order valence-electron chi connectivity index (χ1n) is 38.8. The Bertz CT molecular complexity index is 5660. The van der Waals surface area contributed by atoms with Crippen molar-refractivity contribution in [2.45, 2.75) is 105 Å². The molecule has 89 heavy (non-hydrogen) atoms. The van der Waals surface area contributed by atoms with Gasteiger partial charge in [0.1, 0.15) is 5.82 Å². The summed E-state index contributed by atoms with van der Waals surface area (Å²) in [6, 6.07) is 26.5. The number of nitrogens with zero attached hydrogens (tertiary/aromatic N) is 4. The van der Waals surface area contributed by atoms with Gasteiger partial charge in [-0.2, -0.15) is 18.2 Å². The molecule has 0 saturated heterocycles. The molecule has 3 heterocycles. The third-order valence-corrected chi connectivity index (χ3v) is 20.2. The third kappa shape index (κ3) is 11.4. The number of fused-ring (bicyclic) bond motifs is 4. The van der Waals surface area contributed by atoms with Gasteiger partial charge in [0.15, 0.2) is 8.07 Å². The molecule has 446 valence electrons. The third-order valence-electron chi connectivity index (χ3n) is 16.2. The van der Waals surface area contributed by atoms with Crippen LogP contribution in [0.25, 0.3) is 72.3 Å². The number of rotatable bonds is 11. The van der Waals surface area contributed by atoms with Crippen LogP contribution in [0.3, 0.4) is 0 Å². The van der Waals surface area contributed by atoms with E-state index in [-0.39, 0.29) is 48.6 Å². The van der Waals surface area contributed by atoms with Gasteiger partial charge in [0, 0.05) is 44.3 Å². The van der Waals surface area contributed by atoms with Crippen molar-refractivity contribution in [2.75, 3.05) is 0 Å². The van der Waals surface area contributed by atoms with E-state index in [2.05, 4.69) is 149 Å². The Hall–Kier alpha value is -8.67. The van der Waals surface area contributed by atoms with E-state index in [1.54, 1.807) is 47.2 Å². The van der Waals surface area contributed by atoms with Crippen molar-refractivity contribution >= 4 is 61.7 Å². The number of pyridine rings is 1. The Labute approximate surface area is 568 Å². The SMILES string of the molecule is [2H]c1c([2H])c([2H])c([Si](c2c([2H])c([2H])c([2H])c([2H])c2[2H])(c2c([2H])c([2H])c([2H])c([2H])c2[2H])c2c([2H])c([2H])c([2H])c(-c3ccc4c(c3)n(-c3[c-]c(Oc5[c-]c6c(cc5)c5ccccc5n6-c5cc(C(C)(C)C)ccn5)ccc3)[c-][n+]4-c3c(-c4cc(C(C)(C)C)cc(C(C)(C)C)c4)cccc3C(C)(C)C)c2[2H])c([2H])c1[2H].[Pt]. The van der Waals surface area contributed by atoms with Gasteiger partial charge in [-0.15, -0.1) is 29.7 Å². The van der Waals surface area contributed by atoms with Crippen molar-refractivity contribution in [1.82, 2.24) is 14.1 Å². The molecule has 0 radical (unpaired) electrons. The van der Waals surface area contributed by atoms with Gasteiger partial charge in [0.2, 0.25) is 0 Å². The molecule has 0 aliphatic carbocycles. The van der Waals surface area contributed by atoms with Crippen LogP contribution >= 0.6 is 0 Å². The van der Waals surface area contributed by atoms with Crippen LogP contribution in [0.4, 0.5) is 0 Å². The standard InChI is InChI=1S/C82H76N4OSi.Pt/c1-79(2,3)59-45-46-83-77(52-59)86-73-40-23-22-37-70(73)71-43-42-64(54-75(71)86)87-63-29-25-28-62(53-63)84-55-85(78-69(38-26-39-72(78)82(10,11)12)58-47-60(80(4,5)6)51-61(48-58)81(7,8)9)74-44-41-57(50-76(74)84)56-27-24-36-68(49-56)88(65-30-16-13-17-31-65,66-32-18-14-19-33-66)67-34-20-15-21-35-67;/h13-52H,1-12H3;/q-2;/i13D,14D,15D,16D,17D,18D,19D,20D,21D,24D,27D,30D,31D,32D,33D,34D,35D,36D,49D;. The molecule has 0 aliphatic rings. The number of ether oxygens (including phenoxy) is 1. The zero-order chi connectivity index (χ0) is 77.9. The summed E-state index contributed by atoms with van der Waals surface area (Å²) in [7, 11) is -6.19.